The van der Waals surface area contributed by atoms with Gasteiger partial charge in [-0.15, -0.1) is 0 Å². The number of hydrogen-bond donors (Lipinski definition) is 13. The number of aryl methyl sites for hydroxylation is 3. The number of thiol groups is 5. The minimum Gasteiger partial charge on any atom is -0.390 e. The number of nitrogens with one attached hydrogen (secondary N) is 2. The lowest BCUT2D eigenvalue weighted by molar-refractivity contribution is -0.0529. The van der Waals surface area contributed by atoms with Crippen molar-refractivity contribution in [3.8, 4) is 0 Å². The lowest BCUT2D eigenvalue weighted by atomic mass is 10.2. The molecule has 650 valence electrons. The quantitative estimate of drug-likeness (QED) is 0.0216. The lowest BCUT2D eigenvalue weighted by Gasteiger charge is -2.27. The first kappa shape index (κ1) is 88.0. The van der Waals surface area contributed by atoms with Crippen LogP contribution >= 0.6 is 95.2 Å². The molecule has 0 radical (unpaired) electrons. The molecule has 23 atom stereocenters. The average molecular weight is 1870 g/mol. The van der Waals surface area contributed by atoms with Gasteiger partial charge in [0.1, 0.15) is 128 Å². The zero-order valence-electron chi connectivity index (χ0n) is 62.9. The van der Waals surface area contributed by atoms with Crippen molar-refractivity contribution >= 4 is 158 Å². The number of H-pyrrole nitrogens is 2. The summed E-state index contributed by atoms with van der Waals surface area (Å²) >= 11 is 21.6. The van der Waals surface area contributed by atoms with Crippen LogP contribution in [0.5, 0.6) is 0 Å². The second-order valence-electron chi connectivity index (χ2n) is 28.4. The maximum atomic E-state index is 14.9. The number of nitrogen functional groups attached to an aromatic ring is 5. The van der Waals surface area contributed by atoms with Gasteiger partial charge in [0.15, 0.2) is 34.1 Å². The van der Waals surface area contributed by atoms with Crippen molar-refractivity contribution in [3.63, 3.8) is 0 Å². The van der Waals surface area contributed by atoms with Crippen molar-refractivity contribution in [1.82, 2.24) is 87.2 Å². The first-order valence-corrected chi connectivity index (χ1v) is 49.7. The Labute approximate surface area is 700 Å². The summed E-state index contributed by atoms with van der Waals surface area (Å²) in [5.41, 5.74) is 28.1. The number of hydrogen-bond acceptors (Lipinski definition) is 42. The number of aliphatic hydroxyl groups excluding tert-OH is 1. The minimum atomic E-state index is -4.79. The van der Waals surface area contributed by atoms with Gasteiger partial charge < -0.3 is 62.2 Å². The van der Waals surface area contributed by atoms with E-state index in [0.29, 0.717) is 11.1 Å². The molecule has 15 rings (SSSR count). The van der Waals surface area contributed by atoms with Crippen LogP contribution < -0.4 is 56.9 Å². The van der Waals surface area contributed by atoms with E-state index in [2.05, 4.69) is 121 Å². The van der Waals surface area contributed by atoms with Gasteiger partial charge in [-0.05, 0) is 27.7 Å². The van der Waals surface area contributed by atoms with Crippen molar-refractivity contribution in [2.75, 3.05) is 61.7 Å². The highest BCUT2D eigenvalue weighted by Crippen LogP contribution is 2.63. The van der Waals surface area contributed by atoms with Gasteiger partial charge in [0.2, 0.25) is 5.95 Å². The zero-order chi connectivity index (χ0) is 85.6. The molecule has 6 fully saturated rings. The number of aromatic amines is 2. The molecule has 0 unspecified atom stereocenters. The molecule has 120 heavy (non-hydrogen) atoms. The summed E-state index contributed by atoms with van der Waals surface area (Å²) in [4.78, 5) is 110. The monoisotopic (exact) mass is 1870 g/mol. The Morgan fingerprint density at radius 2 is 0.750 bits per heavy atom. The predicted molar refractivity (Wildman–Crippen MR) is 433 cm³/mol. The van der Waals surface area contributed by atoms with Gasteiger partial charge in [-0.2, -0.15) is 15.0 Å². The van der Waals surface area contributed by atoms with Gasteiger partial charge in [-0.1, -0.05) is 61.2 Å². The Kier molecular flexibility index (Phi) is 25.6. The van der Waals surface area contributed by atoms with E-state index in [-0.39, 0.29) is 107 Å². The Hall–Kier alpha value is -6.89. The third-order valence-corrected chi connectivity index (χ3v) is 28.4. The summed E-state index contributed by atoms with van der Waals surface area (Å²) in [5, 5.41) is 11.0. The molecule has 9 aromatic heterocycles. The van der Waals surface area contributed by atoms with Crippen LogP contribution in [0.25, 0.3) is 33.5 Å². The van der Waals surface area contributed by atoms with E-state index in [1.807, 2.05) is 0 Å². The van der Waals surface area contributed by atoms with Crippen LogP contribution in [0.15, 0.2) is 74.2 Å². The molecule has 0 amide bonds. The van der Waals surface area contributed by atoms with Crippen LogP contribution in [-0.2, 0) is 96.5 Å². The maximum absolute atomic E-state index is 14.9. The number of nitrogens with two attached hydrogens (primary N) is 5. The third-order valence-electron chi connectivity index (χ3n) is 20.2. The van der Waals surface area contributed by atoms with Crippen LogP contribution in [0, 0.1) is 20.8 Å². The maximum Gasteiger partial charge on any atom is 0.386 e. The van der Waals surface area contributed by atoms with Gasteiger partial charge in [0.25, 0.3) is 11.1 Å². The Bertz CT molecular complexity index is 5990. The van der Waals surface area contributed by atoms with E-state index in [1.165, 1.54) is 70.9 Å². The first-order chi connectivity index (χ1) is 56.7. The molecular weight excluding hydrogens is 1790 g/mol. The number of rotatable bonds is 31. The highest BCUT2D eigenvalue weighted by Gasteiger charge is 2.51. The molecule has 6 aliphatic rings. The smallest absolute Gasteiger partial charge is 0.386 e. The number of fused-ring (bicyclic) bond motifs is 3. The highest BCUT2D eigenvalue weighted by molar-refractivity contribution is 8.45. The second-order valence-corrected chi connectivity index (χ2v) is 42.8. The number of aromatic nitrogens is 18. The topological polar surface area (TPSA) is 659 Å². The summed E-state index contributed by atoms with van der Waals surface area (Å²) in [6.45, 7) is -20.4. The standard InChI is InChI=1S/C60H78N23O27P5S5/c1-24-11-78(58(87)73-48(24)61)40-7-30(35(102-40)15-96-111(90,116)106-29-6-42(100-27(29)4)83-23-72-47-54(83)75-57(65)76-56(47)86)107-113(92,118)97-16-36-31(8-41(103-36)79-12-25(2)49(62)74-59(79)88)108-114(93,119)98-18-38-33(10-44(105-38)82-22-71-46-51(64)67-20-69-53(46)82)110-115(94,120)99-17-37-32(9-43(104-37)81-21-70-45-50(63)66-19-68-52(45)81)109-112(91,117)95-14-34-28(84)5-39(101-34)80-13-26(3)55(85)77-60(80)89/h11-13,19-23,27-44,84H,5-10,14-18H2,1-4H3,(H,90,116)(H,91,117)(H,92,118)(H,93,119)(H,94,120)(H2,61,73,87)(H2,62,74,88)(H2,63,66,68)(H2,64,67,69)(H,77,85,89)(H3,65,75,76,86)/t27-,28+,29+,30+,31+,32+,33+,34-,35-,36-,37-,38-,39-,40-,41-,42-,43-,44-,111-,112-,113-,114-,115-/m1/s1. The fraction of sp³-hybridized carbons (Fsp3) is 0.550. The van der Waals surface area contributed by atoms with E-state index in [1.54, 1.807) is 20.8 Å². The molecule has 0 aliphatic carbocycles. The Balaban J connectivity index is 0.631. The number of anilines is 5. The van der Waals surface area contributed by atoms with Crippen LogP contribution in [0.1, 0.15) is 99.5 Å². The fourth-order valence-corrected chi connectivity index (χ4v) is 21.8. The van der Waals surface area contributed by atoms with E-state index in [9.17, 15) is 51.9 Å². The van der Waals surface area contributed by atoms with E-state index in [0.717, 1.165) is 13.7 Å². The molecule has 13 N–H and O–H groups in total. The van der Waals surface area contributed by atoms with E-state index >= 15 is 0 Å². The van der Waals surface area contributed by atoms with Crippen LogP contribution in [0.3, 0.4) is 0 Å². The highest BCUT2D eigenvalue weighted by atomic mass is 32.7. The van der Waals surface area contributed by atoms with E-state index < -0.39 is 206 Å². The van der Waals surface area contributed by atoms with Crippen molar-refractivity contribution in [2.24, 2.45) is 0 Å². The molecule has 9 aromatic rings. The molecule has 6 saturated heterocycles. The zero-order valence-corrected chi connectivity index (χ0v) is 71.8. The van der Waals surface area contributed by atoms with Gasteiger partial charge in [-0.3, -0.25) is 92.2 Å². The largest absolute Gasteiger partial charge is 0.390 e. The van der Waals surface area contributed by atoms with Crippen LogP contribution in [0.4, 0.5) is 29.2 Å². The van der Waals surface area contributed by atoms with Crippen LogP contribution in [-0.4, -0.2) is 199 Å². The minimum absolute atomic E-state index is 0.00973. The molecule has 0 bridgehead atoms. The predicted octanol–water partition coefficient (Wildman–Crippen LogP) is 4.00. The number of imidazole rings is 3. The van der Waals surface area contributed by atoms with Crippen molar-refractivity contribution in [2.45, 2.75) is 177 Å². The van der Waals surface area contributed by atoms with Gasteiger partial charge in [0.05, 0.1) is 70.3 Å². The van der Waals surface area contributed by atoms with Crippen LogP contribution in [0.2, 0.25) is 0 Å². The summed E-state index contributed by atoms with van der Waals surface area (Å²) in [7, 11) is 0. The molecule has 15 heterocycles. The first-order valence-electron chi connectivity index (χ1n) is 36.2. The molecular formula is C60H78N23O27P5S5. The molecule has 6 aliphatic heterocycles. The average Bonchev–Trinajstić information content (AvgIpc) is 1.63. The number of aliphatic hydroxyl groups is 1. The summed E-state index contributed by atoms with van der Waals surface area (Å²) in [5.74, 6) is -0.299. The molecule has 50 nitrogen and oxygen atoms in total. The summed E-state index contributed by atoms with van der Waals surface area (Å²) in [6, 6.07) is 0. The normalized spacial score (nSPS) is 29.7. The third kappa shape index (κ3) is 19.5. The number of nitrogens with zero attached hydrogens (tertiary/aromatic N) is 16. The fourth-order valence-electron chi connectivity index (χ4n) is 14.2. The molecule has 0 saturated carbocycles. The molecule has 60 heteroatoms. The molecule has 0 spiro atoms. The lowest BCUT2D eigenvalue weighted by Crippen LogP contribution is -2.33. The van der Waals surface area contributed by atoms with Crippen molar-refractivity contribution < 1.29 is 102 Å². The SMILES string of the molecule is Cc1cn([C@H]2C[C@H](O[P@](=O)(S)OC[C@H]3O[C@@H](n4cc(C)c(N)nc4=O)C[C@@H]3O[P@](=O)(S)OC[C@H]3O[C@@H](n4cnc5c(N)ncnc54)C[C@@H]3O[P@](=O)(S)OC[C@H]3O[C@@H](n4cnc5c(N)ncnc54)C[C@@H]3O[P@](=O)(S)OC[C@H]3O[C@@H](n4cc(C)c(=O)[nH]c4=O)C[C@@H]3O)[C@@H](CO[P@@](=O)(S)O[C@H]3C[C@H](n4cnc5c(=O)[nH]c(N)nc54)O[C@@H]3C)O2)c(=O)nc1N. The Morgan fingerprint density at radius 3 is 1.18 bits per heavy atom. The second kappa shape index (κ2) is 34.9. The van der Waals surface area contributed by atoms with E-state index in [4.69, 9.17) is 102 Å². The van der Waals surface area contributed by atoms with Crippen molar-refractivity contribution in [1.29, 1.82) is 0 Å². The van der Waals surface area contributed by atoms with Crippen molar-refractivity contribution in [3.05, 3.63) is 119 Å². The summed E-state index contributed by atoms with van der Waals surface area (Å²) in [6.07, 6.45) is -12.5. The number of ether oxygens (including phenoxy) is 6. The van der Waals surface area contributed by atoms with Gasteiger partial charge in [-0.25, -0.2) is 72.1 Å². The summed E-state index contributed by atoms with van der Waals surface area (Å²) < 4.78 is 178. The van der Waals surface area contributed by atoms with Gasteiger partial charge >= 0.3 is 51.1 Å². The Morgan fingerprint density at radius 1 is 0.408 bits per heavy atom. The molecule has 0 aromatic carbocycles. The van der Waals surface area contributed by atoms with Gasteiger partial charge in [0, 0.05) is 73.8 Å².